The summed E-state index contributed by atoms with van der Waals surface area (Å²) in [5.74, 6) is -0.401. The Morgan fingerprint density at radius 2 is 2.16 bits per heavy atom. The number of fused-ring (bicyclic) bond motifs is 3. The third-order valence-corrected chi connectivity index (χ3v) is 3.77. The van der Waals surface area contributed by atoms with E-state index < -0.39 is 5.82 Å². The van der Waals surface area contributed by atoms with Gasteiger partial charge in [0.2, 0.25) is 0 Å². The fraction of sp³-hybridized carbons (Fsp3) is 0.231. The van der Waals surface area contributed by atoms with Crippen molar-refractivity contribution in [3.8, 4) is 0 Å². The predicted octanol–water partition coefficient (Wildman–Crippen LogP) is 3.01. The van der Waals surface area contributed by atoms with Crippen molar-refractivity contribution in [1.29, 1.82) is 0 Å². The summed E-state index contributed by atoms with van der Waals surface area (Å²) in [6, 6.07) is 3.54. The van der Waals surface area contributed by atoms with E-state index >= 15 is 0 Å². The molecular weight excluding hydrogens is 313 g/mol. The Hall–Kier alpha value is -1.69. The highest BCUT2D eigenvalue weighted by molar-refractivity contribution is 9.09. The van der Waals surface area contributed by atoms with Gasteiger partial charge in [-0.3, -0.25) is 9.48 Å². The molecule has 0 radical (unpaired) electrons. The number of alkyl halides is 1. The summed E-state index contributed by atoms with van der Waals surface area (Å²) in [5.41, 5.74) is 1.06. The van der Waals surface area contributed by atoms with Crippen molar-refractivity contribution in [2.24, 2.45) is 7.05 Å². The first-order valence-electron chi connectivity index (χ1n) is 5.81. The third kappa shape index (κ3) is 1.70. The Morgan fingerprint density at radius 1 is 1.42 bits per heavy atom. The Labute approximate surface area is 116 Å². The molecule has 6 heteroatoms. The van der Waals surface area contributed by atoms with Gasteiger partial charge < -0.3 is 4.98 Å². The molecule has 3 rings (SSSR count). The van der Waals surface area contributed by atoms with Gasteiger partial charge in [-0.05, 0) is 6.92 Å². The van der Waals surface area contributed by atoms with Crippen LogP contribution in [0, 0.1) is 5.82 Å². The van der Waals surface area contributed by atoms with Gasteiger partial charge in [-0.2, -0.15) is 5.10 Å². The number of aromatic nitrogens is 3. The molecule has 2 heterocycles. The van der Waals surface area contributed by atoms with Crippen LogP contribution in [0.2, 0.25) is 0 Å². The Bertz CT molecular complexity index is 850. The molecule has 2 aromatic heterocycles. The molecule has 3 aromatic rings. The minimum Gasteiger partial charge on any atom is -0.319 e. The van der Waals surface area contributed by atoms with Gasteiger partial charge in [0, 0.05) is 22.8 Å². The average Bonchev–Trinajstić information content (AvgIpc) is 2.74. The lowest BCUT2D eigenvalue weighted by molar-refractivity contribution is 0.620. The van der Waals surface area contributed by atoms with Crippen LogP contribution in [-0.2, 0) is 7.05 Å². The fourth-order valence-electron chi connectivity index (χ4n) is 2.32. The highest BCUT2D eigenvalue weighted by Crippen LogP contribution is 2.30. The van der Waals surface area contributed by atoms with Crippen molar-refractivity contribution >= 4 is 37.7 Å². The Morgan fingerprint density at radius 3 is 2.84 bits per heavy atom. The van der Waals surface area contributed by atoms with Crippen molar-refractivity contribution in [2.45, 2.75) is 11.8 Å². The lowest BCUT2D eigenvalue weighted by Crippen LogP contribution is -2.08. The number of rotatable bonds is 1. The van der Waals surface area contributed by atoms with Crippen LogP contribution in [0.5, 0.6) is 0 Å². The van der Waals surface area contributed by atoms with Gasteiger partial charge in [-0.15, -0.1) is 0 Å². The van der Waals surface area contributed by atoms with Gasteiger partial charge in [0.25, 0.3) is 5.56 Å². The van der Waals surface area contributed by atoms with Crippen LogP contribution in [0.25, 0.3) is 21.8 Å². The van der Waals surface area contributed by atoms with E-state index in [-0.39, 0.29) is 15.9 Å². The van der Waals surface area contributed by atoms with E-state index in [1.807, 2.05) is 13.0 Å². The number of hydrogen-bond donors (Lipinski definition) is 1. The first-order valence-corrected chi connectivity index (χ1v) is 6.72. The van der Waals surface area contributed by atoms with Crippen molar-refractivity contribution in [3.63, 3.8) is 0 Å². The summed E-state index contributed by atoms with van der Waals surface area (Å²) >= 11 is 3.34. The summed E-state index contributed by atoms with van der Waals surface area (Å²) < 4.78 is 16.0. The van der Waals surface area contributed by atoms with Crippen molar-refractivity contribution in [1.82, 2.24) is 14.8 Å². The van der Waals surface area contributed by atoms with E-state index in [2.05, 4.69) is 26.0 Å². The number of aryl methyl sites for hydroxylation is 1. The SMILES string of the molecule is CC(Br)c1ccc2c([nH]c(=O)c3cnn(C)c32)c1F. The number of nitrogens with zero attached hydrogens (tertiary/aromatic N) is 2. The van der Waals surface area contributed by atoms with Gasteiger partial charge in [0.05, 0.1) is 22.6 Å². The quantitative estimate of drug-likeness (QED) is 0.700. The summed E-state index contributed by atoms with van der Waals surface area (Å²) in [4.78, 5) is 14.4. The molecule has 1 aromatic carbocycles. The molecule has 0 amide bonds. The standard InChI is InChI=1S/C13H11BrFN3O/c1-6(14)7-3-4-8-11(10(7)15)17-13(19)9-5-16-18(2)12(8)9/h3-6H,1-2H3,(H,17,19). The van der Waals surface area contributed by atoms with Crippen LogP contribution in [0.1, 0.15) is 17.3 Å². The largest absolute Gasteiger partial charge is 0.319 e. The van der Waals surface area contributed by atoms with Gasteiger partial charge in [0.1, 0.15) is 0 Å². The van der Waals surface area contributed by atoms with Crippen LogP contribution in [-0.4, -0.2) is 14.8 Å². The zero-order valence-electron chi connectivity index (χ0n) is 10.4. The normalized spacial score (nSPS) is 13.3. The molecule has 1 unspecified atom stereocenters. The molecule has 0 spiro atoms. The van der Waals surface area contributed by atoms with Crippen LogP contribution >= 0.6 is 15.9 Å². The minimum atomic E-state index is -0.401. The first kappa shape index (κ1) is 12.3. The monoisotopic (exact) mass is 323 g/mol. The number of nitrogens with one attached hydrogen (secondary N) is 1. The second kappa shape index (κ2) is 4.16. The molecule has 0 aliphatic carbocycles. The molecule has 0 saturated heterocycles. The molecule has 0 bridgehead atoms. The summed E-state index contributed by atoms with van der Waals surface area (Å²) in [7, 11) is 1.74. The summed E-state index contributed by atoms with van der Waals surface area (Å²) in [5, 5.41) is 5.18. The predicted molar refractivity (Wildman–Crippen MR) is 76.1 cm³/mol. The van der Waals surface area contributed by atoms with Crippen LogP contribution in [0.3, 0.4) is 0 Å². The Balaban J connectivity index is 2.56. The molecule has 0 aliphatic heterocycles. The number of hydrogen-bond acceptors (Lipinski definition) is 2. The molecule has 19 heavy (non-hydrogen) atoms. The average molecular weight is 324 g/mol. The van der Waals surface area contributed by atoms with Crippen molar-refractivity contribution < 1.29 is 4.39 Å². The molecule has 0 fully saturated rings. The van der Waals surface area contributed by atoms with E-state index in [1.54, 1.807) is 17.8 Å². The van der Waals surface area contributed by atoms with E-state index in [4.69, 9.17) is 0 Å². The lowest BCUT2D eigenvalue weighted by atomic mass is 10.1. The zero-order chi connectivity index (χ0) is 13.7. The maximum Gasteiger partial charge on any atom is 0.259 e. The second-order valence-electron chi connectivity index (χ2n) is 4.49. The zero-order valence-corrected chi connectivity index (χ0v) is 12.0. The number of aromatic amines is 1. The molecule has 1 N–H and O–H groups in total. The van der Waals surface area contributed by atoms with Gasteiger partial charge in [-0.1, -0.05) is 28.1 Å². The van der Waals surface area contributed by atoms with E-state index in [0.29, 0.717) is 21.9 Å². The molecule has 4 nitrogen and oxygen atoms in total. The topological polar surface area (TPSA) is 50.7 Å². The second-order valence-corrected chi connectivity index (χ2v) is 5.87. The van der Waals surface area contributed by atoms with Gasteiger partial charge in [-0.25, -0.2) is 4.39 Å². The maximum atomic E-state index is 14.4. The fourth-order valence-corrected chi connectivity index (χ4v) is 2.68. The first-order chi connectivity index (χ1) is 9.00. The van der Waals surface area contributed by atoms with Crippen LogP contribution in [0.4, 0.5) is 4.39 Å². The van der Waals surface area contributed by atoms with E-state index in [9.17, 15) is 9.18 Å². The minimum absolute atomic E-state index is 0.123. The smallest absolute Gasteiger partial charge is 0.259 e. The van der Waals surface area contributed by atoms with Gasteiger partial charge >= 0.3 is 0 Å². The summed E-state index contributed by atoms with van der Waals surface area (Å²) in [6.45, 7) is 1.84. The highest BCUT2D eigenvalue weighted by atomic mass is 79.9. The highest BCUT2D eigenvalue weighted by Gasteiger charge is 2.16. The molecular formula is C13H11BrFN3O. The third-order valence-electron chi connectivity index (χ3n) is 3.28. The molecule has 1 atom stereocenters. The molecule has 0 saturated carbocycles. The van der Waals surface area contributed by atoms with E-state index in [0.717, 1.165) is 0 Å². The maximum absolute atomic E-state index is 14.4. The van der Waals surface area contributed by atoms with Crippen LogP contribution in [0.15, 0.2) is 23.1 Å². The molecule has 98 valence electrons. The number of benzene rings is 1. The summed E-state index contributed by atoms with van der Waals surface area (Å²) in [6.07, 6.45) is 1.49. The van der Waals surface area contributed by atoms with Crippen molar-refractivity contribution in [2.75, 3.05) is 0 Å². The van der Waals surface area contributed by atoms with Crippen molar-refractivity contribution in [3.05, 3.63) is 40.1 Å². The molecule has 0 aliphatic rings. The van der Waals surface area contributed by atoms with Crippen LogP contribution < -0.4 is 5.56 Å². The number of halogens is 2. The number of H-pyrrole nitrogens is 1. The number of pyridine rings is 1. The lowest BCUT2D eigenvalue weighted by Gasteiger charge is -2.09. The van der Waals surface area contributed by atoms with E-state index in [1.165, 1.54) is 6.20 Å². The van der Waals surface area contributed by atoms with Gasteiger partial charge in [0.15, 0.2) is 5.82 Å². The Kier molecular flexibility index (Phi) is 2.70.